The van der Waals surface area contributed by atoms with Gasteiger partial charge >= 0.3 is 12.2 Å². The zero-order valence-corrected chi connectivity index (χ0v) is 41.9. The highest BCUT2D eigenvalue weighted by Gasteiger charge is 2.42. The van der Waals surface area contributed by atoms with Gasteiger partial charge in [0.2, 0.25) is 18.0 Å². The van der Waals surface area contributed by atoms with E-state index in [1.54, 1.807) is 28.6 Å². The Labute approximate surface area is 420 Å². The Morgan fingerprint density at radius 1 is 0.806 bits per heavy atom. The van der Waals surface area contributed by atoms with Gasteiger partial charge in [0, 0.05) is 41.1 Å². The maximum Gasteiger partial charge on any atom is 0.407 e. The van der Waals surface area contributed by atoms with E-state index in [0.717, 1.165) is 59.1 Å². The lowest BCUT2D eigenvalue weighted by atomic mass is 9.88. The third-order valence-electron chi connectivity index (χ3n) is 15.1. The lowest BCUT2D eigenvalue weighted by Crippen LogP contribution is -2.53. The second-order valence-electron chi connectivity index (χ2n) is 20.2. The molecule has 0 bridgehead atoms. The van der Waals surface area contributed by atoms with Crippen molar-refractivity contribution < 1.29 is 42.5 Å². The fourth-order valence-corrected chi connectivity index (χ4v) is 12.5. The summed E-state index contributed by atoms with van der Waals surface area (Å²) in [5.41, 5.74) is 4.69. The molecule has 2 aromatic carbocycles. The van der Waals surface area contributed by atoms with Gasteiger partial charge in [-0.15, -0.1) is 11.3 Å². The summed E-state index contributed by atoms with van der Waals surface area (Å²) in [5, 5.41) is 6.42. The average Bonchev–Trinajstić information content (AvgIpc) is 4.11. The highest BCUT2D eigenvalue weighted by Crippen LogP contribution is 2.50. The Balaban J connectivity index is 0.894. The van der Waals surface area contributed by atoms with Crippen molar-refractivity contribution in [3.05, 3.63) is 88.1 Å². The summed E-state index contributed by atoms with van der Waals surface area (Å²) >= 11 is 1.73. The van der Waals surface area contributed by atoms with E-state index in [9.17, 15) is 19.2 Å². The van der Waals surface area contributed by atoms with Crippen molar-refractivity contribution in [3.63, 3.8) is 0 Å². The van der Waals surface area contributed by atoms with Gasteiger partial charge in [0.05, 0.1) is 77.8 Å². The lowest BCUT2D eigenvalue weighted by Gasteiger charge is -2.36. The van der Waals surface area contributed by atoms with Crippen LogP contribution in [0, 0.1) is 17.7 Å². The summed E-state index contributed by atoms with van der Waals surface area (Å²) in [6.45, 7) is 7.30. The first-order chi connectivity index (χ1) is 34.9. The highest BCUT2D eigenvalue weighted by molar-refractivity contribution is 7.12. The molecule has 3 saturated heterocycles. The van der Waals surface area contributed by atoms with Crippen molar-refractivity contribution in [3.8, 4) is 39.5 Å². The molecular weight excluding hydrogens is 942 g/mol. The Kier molecular flexibility index (Phi) is 12.8. The van der Waals surface area contributed by atoms with Crippen LogP contribution in [0.3, 0.4) is 0 Å². The molecule has 6 aromatic rings. The van der Waals surface area contributed by atoms with Gasteiger partial charge in [-0.2, -0.15) is 0 Å². The number of hydrogen-bond acceptors (Lipinski definition) is 11. The first-order valence-corrected chi connectivity index (χ1v) is 26.0. The van der Waals surface area contributed by atoms with Gasteiger partial charge < -0.3 is 49.3 Å². The molecule has 4 fully saturated rings. The number of alkyl carbamates (subject to hydrolysis) is 2. The van der Waals surface area contributed by atoms with Gasteiger partial charge in [-0.05, 0) is 119 Å². The minimum Gasteiger partial charge on any atom is -0.464 e. The molecule has 0 radical (unpaired) electrons. The molecule has 0 spiro atoms. The Hall–Kier alpha value is -6.73. The molecule has 378 valence electrons. The number of halogens is 1. The Morgan fingerprint density at radius 3 is 2.14 bits per heavy atom. The summed E-state index contributed by atoms with van der Waals surface area (Å²) in [7, 11) is 2.57. The average molecular weight is 1000 g/mol. The molecular formula is C53H60FN9O8S. The second-order valence-corrected chi connectivity index (χ2v) is 21.3. The third-order valence-corrected chi connectivity index (χ3v) is 16.4. The summed E-state index contributed by atoms with van der Waals surface area (Å²) in [4.78, 5) is 75.2. The fraction of sp³-hybridized carbons (Fsp3) is 0.472. The van der Waals surface area contributed by atoms with Crippen LogP contribution in [0.25, 0.3) is 44.7 Å². The molecule has 19 heteroatoms. The second kappa shape index (κ2) is 19.4. The van der Waals surface area contributed by atoms with E-state index in [1.807, 2.05) is 49.9 Å². The van der Waals surface area contributed by atoms with Gasteiger partial charge in [-0.25, -0.2) is 23.9 Å². The third kappa shape index (κ3) is 8.87. The molecule has 1 unspecified atom stereocenters. The van der Waals surface area contributed by atoms with Crippen LogP contribution in [0.1, 0.15) is 118 Å². The maximum atomic E-state index is 17.0. The van der Waals surface area contributed by atoms with E-state index in [2.05, 4.69) is 43.4 Å². The summed E-state index contributed by atoms with van der Waals surface area (Å²) < 4.78 is 41.5. The van der Waals surface area contributed by atoms with Gasteiger partial charge in [0.1, 0.15) is 35.3 Å². The summed E-state index contributed by atoms with van der Waals surface area (Å²) in [5.74, 6) is 1.11. The van der Waals surface area contributed by atoms with E-state index in [1.165, 1.54) is 25.2 Å². The zero-order chi connectivity index (χ0) is 49.9. The fourth-order valence-electron chi connectivity index (χ4n) is 11.3. The molecule has 5 aliphatic rings. The predicted molar refractivity (Wildman–Crippen MR) is 267 cm³/mol. The van der Waals surface area contributed by atoms with Crippen LogP contribution in [-0.2, 0) is 23.8 Å². The zero-order valence-electron chi connectivity index (χ0n) is 41.0. The number of aromatic nitrogens is 5. The van der Waals surface area contributed by atoms with Gasteiger partial charge in [0.15, 0.2) is 0 Å². The minimum absolute atomic E-state index is 0.0261. The van der Waals surface area contributed by atoms with Crippen molar-refractivity contribution in [2.24, 2.45) is 11.8 Å². The van der Waals surface area contributed by atoms with Crippen LogP contribution in [0.4, 0.5) is 14.0 Å². The quantitative estimate of drug-likeness (QED) is 0.0917. The minimum atomic E-state index is -0.770. The predicted octanol–water partition coefficient (Wildman–Crippen LogP) is 9.35. The normalized spacial score (nSPS) is 22.6. The monoisotopic (exact) mass is 1000 g/mol. The number of hydrogen-bond donors (Lipinski definition) is 4. The van der Waals surface area contributed by atoms with Crippen molar-refractivity contribution in [1.82, 2.24) is 44.9 Å². The van der Waals surface area contributed by atoms with Crippen LogP contribution in [0.5, 0.6) is 5.75 Å². The molecule has 4 N–H and O–H groups in total. The number of thiophene rings is 1. The van der Waals surface area contributed by atoms with E-state index in [0.29, 0.717) is 84.8 Å². The van der Waals surface area contributed by atoms with Crippen LogP contribution >= 0.6 is 11.3 Å². The van der Waals surface area contributed by atoms with Crippen LogP contribution in [0.2, 0.25) is 0 Å². The number of aromatic amines is 2. The summed E-state index contributed by atoms with van der Waals surface area (Å²) in [6.07, 6.45) is 8.13. The van der Waals surface area contributed by atoms with Gasteiger partial charge in [-0.3, -0.25) is 14.2 Å². The van der Waals surface area contributed by atoms with Crippen LogP contribution in [0.15, 0.2) is 60.9 Å². The standard InChI is InChI=1S/C53H60FN9O8S/c1-27(2)45(59-52(66)68-4)49(64)61-17-6-8-38(61)48-56-26-36(58-48)32-22-34(54)44-40-23-33-21-30(12-13-37(33)63(40)51(71-41(44)24-32)43-15-14-42(72-43)29-10-11-29)35-25-55-47(57-35)39-9-7-18-62(39)50(65)46(60-53(67)69-5)31-16-19-70-28(3)20-31/h12-15,21-29,31,38-39,45-46,51H,6-11,16-20H2,1-5H3,(H,55,57)(H,56,58)(H,59,66)(H,60,67)/t28-,31?,38-,39-,45-,46-,51-/m0/s1. The molecule has 1 saturated carbocycles. The number of fused-ring (bicyclic) bond motifs is 5. The molecule has 4 amide bonds. The molecule has 1 aliphatic carbocycles. The van der Waals surface area contributed by atoms with E-state index in [-0.39, 0.29) is 41.8 Å². The topological polar surface area (TPSA) is 198 Å². The lowest BCUT2D eigenvalue weighted by molar-refractivity contribution is -0.137. The van der Waals surface area contributed by atoms with E-state index >= 15 is 4.39 Å². The number of methoxy groups -OCH3 is 2. The SMILES string of the molecule is COC(=O)N[C@H](C(=O)N1CCC[C@H]1c1ncc(-c2cc(F)c3c(c2)O[C@@H](c2ccc(C4CC4)s2)n2c-3cc3cc(-c4cnc([C@@H]5CCCN5C(=O)[C@@H](NC(=O)OC)C5CCO[C@@H](C)C5)[nH]4)ccc32)[nH]1)C(C)C. The maximum absolute atomic E-state index is 17.0. The van der Waals surface area contributed by atoms with Crippen molar-refractivity contribution in [2.45, 2.75) is 115 Å². The smallest absolute Gasteiger partial charge is 0.407 e. The number of rotatable bonds is 12. The number of carbonyl (C=O) groups excluding carboxylic acids is 4. The number of nitrogens with one attached hydrogen (secondary N) is 4. The molecule has 4 aliphatic heterocycles. The Morgan fingerprint density at radius 2 is 1.47 bits per heavy atom. The number of imidazole rings is 2. The highest BCUT2D eigenvalue weighted by atomic mass is 32.1. The number of carbonyl (C=O) groups is 4. The molecule has 7 atom stereocenters. The van der Waals surface area contributed by atoms with Crippen molar-refractivity contribution >= 4 is 46.2 Å². The van der Waals surface area contributed by atoms with Crippen molar-refractivity contribution in [1.29, 1.82) is 0 Å². The number of benzene rings is 2. The number of H-pyrrole nitrogens is 2. The van der Waals surface area contributed by atoms with E-state index in [4.69, 9.17) is 28.9 Å². The van der Waals surface area contributed by atoms with E-state index < -0.39 is 36.3 Å². The largest absolute Gasteiger partial charge is 0.464 e. The first-order valence-electron chi connectivity index (χ1n) is 25.1. The first kappa shape index (κ1) is 47.6. The molecule has 8 heterocycles. The van der Waals surface area contributed by atoms with Gasteiger partial charge in [-0.1, -0.05) is 19.9 Å². The molecule has 17 nitrogen and oxygen atoms in total. The summed E-state index contributed by atoms with van der Waals surface area (Å²) in [6, 6.07) is 13.6. The molecule has 11 rings (SSSR count). The molecule has 4 aromatic heterocycles. The number of nitrogens with zero attached hydrogens (tertiary/aromatic N) is 5. The van der Waals surface area contributed by atoms with Crippen LogP contribution < -0.4 is 15.4 Å². The Bertz CT molecular complexity index is 3050. The number of ether oxygens (including phenoxy) is 4. The van der Waals surface area contributed by atoms with Crippen LogP contribution in [-0.4, -0.2) is 110 Å². The van der Waals surface area contributed by atoms with Crippen molar-refractivity contribution in [2.75, 3.05) is 33.9 Å². The number of likely N-dealkylation sites (tertiary alicyclic amines) is 2. The van der Waals surface area contributed by atoms with Gasteiger partial charge in [0.25, 0.3) is 0 Å². The molecule has 72 heavy (non-hydrogen) atoms. The number of amides is 4.